The van der Waals surface area contributed by atoms with Crippen LogP contribution < -0.4 is 0 Å². The third-order valence-corrected chi connectivity index (χ3v) is 2.13. The van der Waals surface area contributed by atoms with Gasteiger partial charge >= 0.3 is 0 Å². The van der Waals surface area contributed by atoms with Crippen molar-refractivity contribution in [2.75, 3.05) is 5.75 Å². The average Bonchev–Trinajstić information content (AvgIpc) is 1.65. The molecular formula is C5H9O2S. The first-order valence-corrected chi connectivity index (χ1v) is 3.60. The molecule has 0 aromatic heterocycles. The van der Waals surface area contributed by atoms with Gasteiger partial charge in [-0.25, -0.2) is 0 Å². The fraction of sp³-hybridized carbons (Fsp3) is 0.800. The summed E-state index contributed by atoms with van der Waals surface area (Å²) in [6, 6.07) is 0. The molecule has 47 valence electrons. The second-order valence-corrected chi connectivity index (χ2v) is 3.22. The van der Waals surface area contributed by atoms with Gasteiger partial charge in [-0.05, 0) is 18.6 Å². The van der Waals surface area contributed by atoms with Crippen molar-refractivity contribution in [1.29, 1.82) is 0 Å². The normalized spacial score (nSPS) is 27.8. The van der Waals surface area contributed by atoms with Crippen molar-refractivity contribution in [3.63, 3.8) is 0 Å². The Balaban J connectivity index is 2.33. The Bertz CT molecular complexity index is 74.5. The van der Waals surface area contributed by atoms with Gasteiger partial charge in [-0.3, -0.25) is 0 Å². The summed E-state index contributed by atoms with van der Waals surface area (Å²) in [5.41, 5.74) is 0. The molecule has 0 saturated carbocycles. The minimum Gasteiger partial charge on any atom is -0.357 e. The molecule has 1 radical (unpaired) electrons. The quantitative estimate of drug-likeness (QED) is 0.469. The maximum absolute atomic E-state index is 8.86. The van der Waals surface area contributed by atoms with Crippen molar-refractivity contribution in [3.8, 4) is 0 Å². The molecular weight excluding hydrogens is 124 g/mol. The molecule has 0 bridgehead atoms. The van der Waals surface area contributed by atoms with Crippen molar-refractivity contribution >= 4 is 11.8 Å². The Morgan fingerprint density at radius 2 is 2.25 bits per heavy atom. The first-order valence-electron chi connectivity index (χ1n) is 2.61. The van der Waals surface area contributed by atoms with Gasteiger partial charge < -0.3 is 10.2 Å². The lowest BCUT2D eigenvalue weighted by Crippen LogP contribution is -2.26. The fourth-order valence-corrected chi connectivity index (χ4v) is 1.50. The molecule has 1 heterocycles. The van der Waals surface area contributed by atoms with Gasteiger partial charge in [0.05, 0.1) is 0 Å². The Kier molecular flexibility index (Phi) is 1.80. The van der Waals surface area contributed by atoms with Crippen LogP contribution in [0.4, 0.5) is 0 Å². The van der Waals surface area contributed by atoms with E-state index in [4.69, 9.17) is 10.2 Å². The van der Waals surface area contributed by atoms with Gasteiger partial charge in [0.1, 0.15) is 0 Å². The van der Waals surface area contributed by atoms with Crippen LogP contribution in [0.2, 0.25) is 0 Å². The van der Waals surface area contributed by atoms with E-state index >= 15 is 0 Å². The van der Waals surface area contributed by atoms with Crippen molar-refractivity contribution in [1.82, 2.24) is 0 Å². The standard InChI is InChI=1S/C5H9O2S/c6-5(7)3-1-2-4-8-5/h1,6-7H,2-4H2. The van der Waals surface area contributed by atoms with E-state index in [-0.39, 0.29) is 0 Å². The molecule has 8 heavy (non-hydrogen) atoms. The lowest BCUT2D eigenvalue weighted by molar-refractivity contribution is -0.0771. The van der Waals surface area contributed by atoms with Crippen LogP contribution in [-0.4, -0.2) is 21.1 Å². The van der Waals surface area contributed by atoms with Crippen molar-refractivity contribution < 1.29 is 10.2 Å². The SMILES string of the molecule is OC1(O)C[CH]CCS1. The molecule has 2 N–H and O–H groups in total. The molecule has 0 unspecified atom stereocenters. The van der Waals surface area contributed by atoms with Crippen molar-refractivity contribution in [3.05, 3.63) is 6.42 Å². The van der Waals surface area contributed by atoms with Gasteiger partial charge in [0.15, 0.2) is 0 Å². The summed E-state index contributed by atoms with van der Waals surface area (Å²) >= 11 is 1.20. The van der Waals surface area contributed by atoms with Crippen LogP contribution in [0.25, 0.3) is 0 Å². The van der Waals surface area contributed by atoms with Crippen molar-refractivity contribution in [2.45, 2.75) is 18.0 Å². The third-order valence-electron chi connectivity index (χ3n) is 1.07. The minimum absolute atomic E-state index is 0.400. The van der Waals surface area contributed by atoms with Gasteiger partial charge in [0, 0.05) is 6.42 Å². The summed E-state index contributed by atoms with van der Waals surface area (Å²) in [6.45, 7) is 0. The van der Waals surface area contributed by atoms with E-state index in [9.17, 15) is 0 Å². The molecule has 0 aliphatic carbocycles. The fourth-order valence-electron chi connectivity index (χ4n) is 0.655. The predicted octanol–water partition coefficient (Wildman–Crippen LogP) is 0.356. The van der Waals surface area contributed by atoms with E-state index in [0.717, 1.165) is 12.2 Å². The summed E-state index contributed by atoms with van der Waals surface area (Å²) < 4.78 is 0. The molecule has 3 heteroatoms. The topological polar surface area (TPSA) is 40.5 Å². The highest BCUT2D eigenvalue weighted by Gasteiger charge is 2.25. The summed E-state index contributed by atoms with van der Waals surface area (Å²) in [4.78, 5) is 0. The largest absolute Gasteiger partial charge is 0.357 e. The molecule has 1 saturated heterocycles. The Labute approximate surface area is 52.9 Å². The number of hydrogen-bond donors (Lipinski definition) is 2. The van der Waals surface area contributed by atoms with E-state index in [0.29, 0.717) is 6.42 Å². The van der Waals surface area contributed by atoms with Crippen LogP contribution in [0.5, 0.6) is 0 Å². The third kappa shape index (κ3) is 1.65. The van der Waals surface area contributed by atoms with Gasteiger partial charge in [0.2, 0.25) is 5.12 Å². The zero-order chi connectivity index (χ0) is 6.04. The number of rotatable bonds is 0. The highest BCUT2D eigenvalue weighted by molar-refractivity contribution is 8.00. The second kappa shape index (κ2) is 2.25. The maximum Gasteiger partial charge on any atom is 0.213 e. The Morgan fingerprint density at radius 3 is 2.50 bits per heavy atom. The number of aliphatic hydroxyl groups is 2. The maximum atomic E-state index is 8.86. The second-order valence-electron chi connectivity index (χ2n) is 1.87. The van der Waals surface area contributed by atoms with Crippen LogP contribution in [0.1, 0.15) is 12.8 Å². The molecule has 0 amide bonds. The van der Waals surface area contributed by atoms with E-state index in [1.807, 2.05) is 6.42 Å². The van der Waals surface area contributed by atoms with Crippen LogP contribution in [-0.2, 0) is 0 Å². The monoisotopic (exact) mass is 133 g/mol. The molecule has 1 aliphatic rings. The van der Waals surface area contributed by atoms with Crippen LogP contribution in [0.15, 0.2) is 0 Å². The van der Waals surface area contributed by atoms with Gasteiger partial charge in [-0.15, -0.1) is 0 Å². The molecule has 0 aromatic carbocycles. The van der Waals surface area contributed by atoms with Crippen LogP contribution >= 0.6 is 11.8 Å². The molecule has 1 fully saturated rings. The summed E-state index contributed by atoms with van der Waals surface area (Å²) in [7, 11) is 0. The van der Waals surface area contributed by atoms with Crippen LogP contribution in [0, 0.1) is 6.42 Å². The average molecular weight is 133 g/mol. The first-order chi connectivity index (χ1) is 3.71. The van der Waals surface area contributed by atoms with Crippen molar-refractivity contribution in [2.24, 2.45) is 0 Å². The van der Waals surface area contributed by atoms with Gasteiger partial charge in [-0.1, -0.05) is 11.8 Å². The lowest BCUT2D eigenvalue weighted by Gasteiger charge is -2.24. The summed E-state index contributed by atoms with van der Waals surface area (Å²) in [5.74, 6) is 0.826. The summed E-state index contributed by atoms with van der Waals surface area (Å²) in [5, 5.41) is 16.3. The molecule has 0 aromatic rings. The smallest absolute Gasteiger partial charge is 0.213 e. The molecule has 0 atom stereocenters. The minimum atomic E-state index is -1.46. The van der Waals surface area contributed by atoms with E-state index < -0.39 is 5.12 Å². The van der Waals surface area contributed by atoms with Crippen LogP contribution in [0.3, 0.4) is 0 Å². The highest BCUT2D eigenvalue weighted by Crippen LogP contribution is 2.30. The molecule has 1 rings (SSSR count). The zero-order valence-corrected chi connectivity index (χ0v) is 5.32. The Morgan fingerprint density at radius 1 is 1.50 bits per heavy atom. The lowest BCUT2D eigenvalue weighted by atomic mass is 10.2. The Hall–Kier alpha value is 0.270. The zero-order valence-electron chi connectivity index (χ0n) is 4.50. The highest BCUT2D eigenvalue weighted by atomic mass is 32.2. The number of hydrogen-bond acceptors (Lipinski definition) is 3. The molecule has 0 spiro atoms. The van der Waals surface area contributed by atoms with E-state index in [1.165, 1.54) is 11.8 Å². The van der Waals surface area contributed by atoms with Gasteiger partial charge in [0.25, 0.3) is 0 Å². The van der Waals surface area contributed by atoms with Gasteiger partial charge in [-0.2, -0.15) is 0 Å². The number of thioether (sulfide) groups is 1. The molecule has 1 aliphatic heterocycles. The first kappa shape index (κ1) is 6.39. The molecule has 2 nitrogen and oxygen atoms in total. The van der Waals surface area contributed by atoms with E-state index in [1.54, 1.807) is 0 Å². The predicted molar refractivity (Wildman–Crippen MR) is 33.2 cm³/mol. The van der Waals surface area contributed by atoms with E-state index in [2.05, 4.69) is 0 Å². The summed E-state index contributed by atoms with van der Waals surface area (Å²) in [6.07, 6.45) is 3.29.